The molecule has 3 N–H and O–H groups in total. The zero-order valence-corrected chi connectivity index (χ0v) is 67.3. The average molecular weight is 1470 g/mol. The molecule has 0 saturated heterocycles. The molecule has 0 aliphatic heterocycles. The molecule has 0 rings (SSSR count). The minimum absolute atomic E-state index is 0.107. The summed E-state index contributed by atoms with van der Waals surface area (Å²) >= 11 is 0. The molecule has 19 heteroatoms. The van der Waals surface area contributed by atoms with Crippen molar-refractivity contribution in [1.29, 1.82) is 0 Å². The van der Waals surface area contributed by atoms with Crippen LogP contribution in [0, 0.1) is 11.8 Å². The van der Waals surface area contributed by atoms with Gasteiger partial charge in [0.2, 0.25) is 0 Å². The van der Waals surface area contributed by atoms with E-state index in [0.717, 1.165) is 102 Å². The van der Waals surface area contributed by atoms with E-state index in [2.05, 4.69) is 41.5 Å². The maximum absolute atomic E-state index is 13.1. The van der Waals surface area contributed by atoms with Gasteiger partial charge in [0, 0.05) is 25.7 Å². The van der Waals surface area contributed by atoms with Gasteiger partial charge in [-0.25, -0.2) is 9.13 Å². The highest BCUT2D eigenvalue weighted by atomic mass is 31.2. The Balaban J connectivity index is 5.27. The summed E-state index contributed by atoms with van der Waals surface area (Å²) in [6.45, 7) is 9.66. The van der Waals surface area contributed by atoms with Crippen molar-refractivity contribution in [2.75, 3.05) is 39.6 Å². The van der Waals surface area contributed by atoms with Gasteiger partial charge in [-0.1, -0.05) is 375 Å². The first-order valence-corrected chi connectivity index (χ1v) is 45.0. The molecular formula is C81H158O17P2. The summed E-state index contributed by atoms with van der Waals surface area (Å²) in [4.78, 5) is 73.1. The van der Waals surface area contributed by atoms with E-state index in [1.807, 2.05) is 0 Å². The molecule has 594 valence electrons. The van der Waals surface area contributed by atoms with Crippen LogP contribution in [0.25, 0.3) is 0 Å². The standard InChI is InChI=1S/C81H158O17P2/c1-7-9-11-13-15-17-19-21-22-23-24-28-35-41-47-53-59-65-80(85)97-76(69-92-79(84)64-58-52-46-40-34-29-25-27-31-37-43-49-55-61-73(3)4)71-95-99(87,88)93-67-75(82)68-94-100(89,90)96-72-77(70-91-78(83)63-57-51-45-39-33-26-20-18-16-14-12-10-8-2)98-81(86)66-60-54-48-42-36-30-32-38-44-50-56-62-74(5)6/h73-77,82H,7-72H2,1-6H3,(H,87,88)(H,89,90)/t75-,76-,77-/m1/s1. The molecule has 17 nitrogen and oxygen atoms in total. The van der Waals surface area contributed by atoms with Gasteiger partial charge in [0.25, 0.3) is 0 Å². The Morgan fingerprint density at radius 1 is 0.270 bits per heavy atom. The van der Waals surface area contributed by atoms with Crippen LogP contribution >= 0.6 is 15.6 Å². The highest BCUT2D eigenvalue weighted by Crippen LogP contribution is 2.45. The predicted octanol–water partition coefficient (Wildman–Crippen LogP) is 24.3. The number of rotatable bonds is 80. The molecule has 0 saturated carbocycles. The first-order chi connectivity index (χ1) is 48.4. The quantitative estimate of drug-likeness (QED) is 0.0222. The molecule has 0 aromatic heterocycles. The molecule has 0 heterocycles. The van der Waals surface area contributed by atoms with Crippen molar-refractivity contribution in [3.05, 3.63) is 0 Å². The second-order valence-corrected chi connectivity index (χ2v) is 33.0. The lowest BCUT2D eigenvalue weighted by Gasteiger charge is -2.21. The molecule has 2 unspecified atom stereocenters. The zero-order valence-electron chi connectivity index (χ0n) is 65.5. The van der Waals surface area contributed by atoms with Gasteiger partial charge in [-0.2, -0.15) is 0 Å². The number of unbranched alkanes of at least 4 members (excludes halogenated alkanes) is 50. The van der Waals surface area contributed by atoms with Gasteiger partial charge in [-0.3, -0.25) is 37.3 Å². The van der Waals surface area contributed by atoms with Crippen LogP contribution in [0.4, 0.5) is 0 Å². The average Bonchev–Trinajstić information content (AvgIpc) is 1.85. The second-order valence-electron chi connectivity index (χ2n) is 30.1. The number of ether oxygens (including phenoxy) is 4. The molecule has 0 aliphatic carbocycles. The number of phosphoric acid groups is 2. The smallest absolute Gasteiger partial charge is 0.462 e. The second kappa shape index (κ2) is 72.6. The largest absolute Gasteiger partial charge is 0.472 e. The van der Waals surface area contributed by atoms with E-state index >= 15 is 0 Å². The number of carbonyl (C=O) groups excluding carboxylic acids is 4. The fourth-order valence-electron chi connectivity index (χ4n) is 12.5. The molecule has 0 spiro atoms. The number of aliphatic hydroxyl groups is 1. The highest BCUT2D eigenvalue weighted by Gasteiger charge is 2.30. The van der Waals surface area contributed by atoms with E-state index in [4.69, 9.17) is 37.0 Å². The summed E-state index contributed by atoms with van der Waals surface area (Å²) in [5.74, 6) is -0.549. The molecule has 0 bridgehead atoms. The van der Waals surface area contributed by atoms with E-state index in [1.165, 1.54) is 244 Å². The minimum atomic E-state index is -4.96. The molecule has 0 radical (unpaired) electrons. The number of hydrogen-bond donors (Lipinski definition) is 3. The monoisotopic (exact) mass is 1470 g/mol. The normalized spacial score (nSPS) is 13.9. The van der Waals surface area contributed by atoms with Crippen LogP contribution in [-0.4, -0.2) is 96.7 Å². The highest BCUT2D eigenvalue weighted by molar-refractivity contribution is 7.47. The number of carbonyl (C=O) groups is 4. The van der Waals surface area contributed by atoms with Gasteiger partial charge in [-0.05, 0) is 37.5 Å². The minimum Gasteiger partial charge on any atom is -0.462 e. The predicted molar refractivity (Wildman–Crippen MR) is 409 cm³/mol. The van der Waals surface area contributed by atoms with Crippen molar-refractivity contribution in [1.82, 2.24) is 0 Å². The maximum Gasteiger partial charge on any atom is 0.472 e. The fraction of sp³-hybridized carbons (Fsp3) is 0.951. The molecule has 0 amide bonds. The van der Waals surface area contributed by atoms with E-state index in [0.29, 0.717) is 25.7 Å². The van der Waals surface area contributed by atoms with Gasteiger partial charge in [-0.15, -0.1) is 0 Å². The molecule has 100 heavy (non-hydrogen) atoms. The summed E-state index contributed by atoms with van der Waals surface area (Å²) in [7, 11) is -9.92. The van der Waals surface area contributed by atoms with Crippen molar-refractivity contribution < 1.29 is 80.2 Å². The van der Waals surface area contributed by atoms with Gasteiger partial charge < -0.3 is 33.8 Å². The van der Waals surface area contributed by atoms with Crippen LogP contribution in [-0.2, 0) is 65.4 Å². The third kappa shape index (κ3) is 74.3. The Hall–Kier alpha value is -1.94. The molecule has 0 fully saturated rings. The van der Waals surface area contributed by atoms with Crippen LogP contribution in [0.1, 0.15) is 427 Å². The Kier molecular flexibility index (Phi) is 71.2. The van der Waals surface area contributed by atoms with Crippen molar-refractivity contribution in [3.63, 3.8) is 0 Å². The van der Waals surface area contributed by atoms with Gasteiger partial charge in [0.1, 0.15) is 19.3 Å². The van der Waals surface area contributed by atoms with E-state index < -0.39 is 97.5 Å². The van der Waals surface area contributed by atoms with Crippen molar-refractivity contribution in [2.24, 2.45) is 11.8 Å². The van der Waals surface area contributed by atoms with Gasteiger partial charge in [0.15, 0.2) is 12.2 Å². The van der Waals surface area contributed by atoms with Crippen LogP contribution in [0.5, 0.6) is 0 Å². The lowest BCUT2D eigenvalue weighted by Crippen LogP contribution is -2.30. The van der Waals surface area contributed by atoms with Gasteiger partial charge >= 0.3 is 39.5 Å². The van der Waals surface area contributed by atoms with Crippen molar-refractivity contribution >= 4 is 39.5 Å². The number of esters is 4. The fourth-order valence-corrected chi connectivity index (χ4v) is 14.1. The Bertz CT molecular complexity index is 1920. The lowest BCUT2D eigenvalue weighted by molar-refractivity contribution is -0.161. The summed E-state index contributed by atoms with van der Waals surface area (Å²) in [5, 5.41) is 10.6. The van der Waals surface area contributed by atoms with E-state index in [9.17, 15) is 43.2 Å². The summed E-state index contributed by atoms with van der Waals surface area (Å²) in [6, 6.07) is 0. The van der Waals surface area contributed by atoms with E-state index in [-0.39, 0.29) is 25.7 Å². The van der Waals surface area contributed by atoms with Crippen molar-refractivity contribution in [2.45, 2.75) is 445 Å². The molecular weight excluding hydrogens is 1310 g/mol. The molecule has 0 aliphatic rings. The maximum atomic E-state index is 13.1. The summed E-state index contributed by atoms with van der Waals surface area (Å²) in [5.41, 5.74) is 0. The molecule has 5 atom stereocenters. The topological polar surface area (TPSA) is 237 Å². The first kappa shape index (κ1) is 98.1. The van der Waals surface area contributed by atoms with Crippen LogP contribution in [0.2, 0.25) is 0 Å². The Morgan fingerprint density at radius 3 is 0.680 bits per heavy atom. The summed E-state index contributed by atoms with van der Waals surface area (Å²) in [6.07, 6.45) is 62.3. The third-order valence-electron chi connectivity index (χ3n) is 19.0. The number of aliphatic hydroxyl groups excluding tert-OH is 1. The number of phosphoric ester groups is 2. The Labute approximate surface area is 613 Å². The molecule has 0 aromatic rings. The first-order valence-electron chi connectivity index (χ1n) is 42.0. The van der Waals surface area contributed by atoms with Gasteiger partial charge in [0.05, 0.1) is 26.4 Å². The SMILES string of the molecule is CCCCCCCCCCCCCCCCCCCC(=O)O[C@H](COC(=O)CCCCCCCCCCCCCCCC(C)C)COP(=O)(O)OC[C@@H](O)COP(=O)(O)OC[C@@H](COC(=O)CCCCCCCCCCCCCCC)OC(=O)CCCCCCCCCCCCCC(C)C. The summed E-state index contributed by atoms with van der Waals surface area (Å²) < 4.78 is 68.8. The van der Waals surface area contributed by atoms with Crippen LogP contribution in [0.15, 0.2) is 0 Å². The molecule has 0 aromatic carbocycles. The van der Waals surface area contributed by atoms with Crippen molar-refractivity contribution in [3.8, 4) is 0 Å². The van der Waals surface area contributed by atoms with Crippen LogP contribution < -0.4 is 0 Å². The van der Waals surface area contributed by atoms with E-state index in [1.54, 1.807) is 0 Å². The zero-order chi connectivity index (χ0) is 73.5. The third-order valence-corrected chi connectivity index (χ3v) is 20.9. The van der Waals surface area contributed by atoms with Crippen LogP contribution in [0.3, 0.4) is 0 Å². The lowest BCUT2D eigenvalue weighted by atomic mass is 10.0. The number of hydrogen-bond acceptors (Lipinski definition) is 15. The Morgan fingerprint density at radius 2 is 0.460 bits per heavy atom.